The number of fused-ring (bicyclic) bond motifs is 2. The van der Waals surface area contributed by atoms with E-state index in [-0.39, 0.29) is 41.7 Å². The largest absolute Gasteiger partial charge is 0.352 e. The normalized spacial score (nSPS) is 33.5. The molecule has 2 saturated carbocycles. The van der Waals surface area contributed by atoms with Crippen molar-refractivity contribution in [3.05, 3.63) is 0 Å². The molecule has 2 bridgehead atoms. The first kappa shape index (κ1) is 14.9. The quantitative estimate of drug-likeness (QED) is 0.603. The molecule has 2 aliphatic rings. The van der Waals surface area contributed by atoms with Crippen molar-refractivity contribution in [2.24, 2.45) is 16.7 Å². The number of amides is 2. The first-order valence-electron chi connectivity index (χ1n) is 7.31. The third-order valence-electron chi connectivity index (χ3n) is 5.84. The van der Waals surface area contributed by atoms with Gasteiger partial charge in [-0.25, -0.2) is 0 Å². The van der Waals surface area contributed by atoms with E-state index in [0.29, 0.717) is 5.92 Å². The van der Waals surface area contributed by atoms with Crippen LogP contribution in [0, 0.1) is 29.1 Å². The number of carbonyl (C=O) groups is 2. The van der Waals surface area contributed by atoms with Crippen LogP contribution in [0.5, 0.6) is 0 Å². The SMILES string of the molecule is C#CCNC(=O)CC(=O)NC1CC2CCC1(C)C2(C)C. The van der Waals surface area contributed by atoms with Gasteiger partial charge in [-0.15, -0.1) is 6.42 Å². The van der Waals surface area contributed by atoms with Crippen molar-refractivity contribution in [3.63, 3.8) is 0 Å². The summed E-state index contributed by atoms with van der Waals surface area (Å²) < 4.78 is 0. The lowest BCUT2D eigenvalue weighted by atomic mass is 9.69. The van der Waals surface area contributed by atoms with Crippen molar-refractivity contribution in [2.75, 3.05) is 6.54 Å². The average molecular weight is 276 g/mol. The standard InChI is InChI=1S/C16H24N2O2/c1-5-8-17-13(19)10-14(20)18-12-9-11-6-7-16(12,4)15(11,2)3/h1,11-12H,6-10H2,2-4H3,(H,17,19)(H,18,20). The van der Waals surface area contributed by atoms with E-state index >= 15 is 0 Å². The molecule has 2 N–H and O–H groups in total. The Morgan fingerprint density at radius 1 is 1.30 bits per heavy atom. The molecular formula is C16H24N2O2. The Bertz CT molecular complexity index is 464. The van der Waals surface area contributed by atoms with E-state index in [1.54, 1.807) is 0 Å². The lowest BCUT2D eigenvalue weighted by Crippen LogP contribution is -2.47. The molecule has 0 saturated heterocycles. The number of terminal acetylenes is 1. The van der Waals surface area contributed by atoms with E-state index < -0.39 is 0 Å². The summed E-state index contributed by atoms with van der Waals surface area (Å²) in [6.45, 7) is 7.04. The average Bonchev–Trinajstić information content (AvgIpc) is 2.69. The molecule has 0 spiro atoms. The molecule has 0 heterocycles. The molecular weight excluding hydrogens is 252 g/mol. The maximum Gasteiger partial charge on any atom is 0.230 e. The van der Waals surface area contributed by atoms with Gasteiger partial charge in [-0.2, -0.15) is 0 Å². The van der Waals surface area contributed by atoms with Gasteiger partial charge in [-0.3, -0.25) is 9.59 Å². The molecule has 0 aliphatic heterocycles. The molecule has 0 aromatic rings. The van der Waals surface area contributed by atoms with Crippen LogP contribution < -0.4 is 10.6 Å². The van der Waals surface area contributed by atoms with Gasteiger partial charge >= 0.3 is 0 Å². The van der Waals surface area contributed by atoms with Crippen molar-refractivity contribution in [2.45, 2.75) is 52.5 Å². The summed E-state index contributed by atoms with van der Waals surface area (Å²) in [7, 11) is 0. The lowest BCUT2D eigenvalue weighted by Gasteiger charge is -2.39. The maximum atomic E-state index is 12.0. The van der Waals surface area contributed by atoms with Gasteiger partial charge in [-0.05, 0) is 36.0 Å². The summed E-state index contributed by atoms with van der Waals surface area (Å²) in [6.07, 6.45) is 8.35. The summed E-state index contributed by atoms with van der Waals surface area (Å²) in [5.74, 6) is 2.48. The molecule has 3 unspecified atom stereocenters. The van der Waals surface area contributed by atoms with Gasteiger partial charge in [0.15, 0.2) is 0 Å². The third kappa shape index (κ3) is 2.30. The number of nitrogens with one attached hydrogen (secondary N) is 2. The van der Waals surface area contributed by atoms with Crippen molar-refractivity contribution in [3.8, 4) is 12.3 Å². The van der Waals surface area contributed by atoms with Crippen LogP contribution in [0.3, 0.4) is 0 Å². The minimum Gasteiger partial charge on any atom is -0.352 e. The second-order valence-corrected chi connectivity index (χ2v) is 6.89. The van der Waals surface area contributed by atoms with Crippen molar-refractivity contribution >= 4 is 11.8 Å². The van der Waals surface area contributed by atoms with Gasteiger partial charge in [0, 0.05) is 6.04 Å². The van der Waals surface area contributed by atoms with E-state index in [2.05, 4.69) is 37.3 Å². The van der Waals surface area contributed by atoms with E-state index in [0.717, 1.165) is 12.8 Å². The van der Waals surface area contributed by atoms with Crippen LogP contribution in [0.4, 0.5) is 0 Å². The van der Waals surface area contributed by atoms with Crippen LogP contribution in [0.1, 0.15) is 46.5 Å². The van der Waals surface area contributed by atoms with Crippen LogP contribution in [0.15, 0.2) is 0 Å². The topological polar surface area (TPSA) is 58.2 Å². The van der Waals surface area contributed by atoms with Gasteiger partial charge in [0.25, 0.3) is 0 Å². The van der Waals surface area contributed by atoms with Crippen LogP contribution in [-0.2, 0) is 9.59 Å². The van der Waals surface area contributed by atoms with Crippen molar-refractivity contribution < 1.29 is 9.59 Å². The zero-order chi connectivity index (χ0) is 15.0. The molecule has 2 aliphatic carbocycles. The molecule has 110 valence electrons. The zero-order valence-corrected chi connectivity index (χ0v) is 12.6. The minimum absolute atomic E-state index is 0.140. The van der Waals surface area contributed by atoms with Crippen LogP contribution in [0.25, 0.3) is 0 Å². The monoisotopic (exact) mass is 276 g/mol. The molecule has 20 heavy (non-hydrogen) atoms. The molecule has 2 rings (SSSR count). The summed E-state index contributed by atoms with van der Waals surface area (Å²) in [6, 6.07) is 0.184. The van der Waals surface area contributed by atoms with E-state index in [1.165, 1.54) is 6.42 Å². The number of rotatable bonds is 4. The van der Waals surface area contributed by atoms with Gasteiger partial charge in [0.05, 0.1) is 6.54 Å². The Balaban J connectivity index is 1.91. The summed E-state index contributed by atoms with van der Waals surface area (Å²) in [5.41, 5.74) is 0.402. The van der Waals surface area contributed by atoms with Gasteiger partial charge in [0.2, 0.25) is 11.8 Å². The predicted molar refractivity (Wildman–Crippen MR) is 77.6 cm³/mol. The highest BCUT2D eigenvalue weighted by atomic mass is 16.2. The van der Waals surface area contributed by atoms with E-state index in [4.69, 9.17) is 6.42 Å². The maximum absolute atomic E-state index is 12.0. The van der Waals surface area contributed by atoms with Crippen LogP contribution in [0.2, 0.25) is 0 Å². The fourth-order valence-corrected chi connectivity index (χ4v) is 4.03. The number of carbonyl (C=O) groups excluding carboxylic acids is 2. The molecule has 4 nitrogen and oxygen atoms in total. The summed E-state index contributed by atoms with van der Waals surface area (Å²) >= 11 is 0. The highest BCUT2D eigenvalue weighted by Crippen LogP contribution is 2.65. The van der Waals surface area contributed by atoms with Crippen LogP contribution in [-0.4, -0.2) is 24.4 Å². The first-order chi connectivity index (χ1) is 9.31. The Morgan fingerprint density at radius 2 is 2.00 bits per heavy atom. The Kier molecular flexibility index (Phi) is 3.82. The first-order valence-corrected chi connectivity index (χ1v) is 7.31. The fourth-order valence-electron chi connectivity index (χ4n) is 4.03. The van der Waals surface area contributed by atoms with E-state index in [1.807, 2.05) is 0 Å². The van der Waals surface area contributed by atoms with E-state index in [9.17, 15) is 9.59 Å². The highest BCUT2D eigenvalue weighted by molar-refractivity contribution is 5.97. The lowest BCUT2D eigenvalue weighted by molar-refractivity contribution is -0.130. The predicted octanol–water partition coefficient (Wildman–Crippen LogP) is 1.46. The van der Waals surface area contributed by atoms with Crippen molar-refractivity contribution in [1.82, 2.24) is 10.6 Å². The second-order valence-electron chi connectivity index (χ2n) is 6.89. The Labute approximate surface area is 121 Å². The van der Waals surface area contributed by atoms with Crippen molar-refractivity contribution in [1.29, 1.82) is 0 Å². The van der Waals surface area contributed by atoms with Gasteiger partial charge in [-0.1, -0.05) is 26.7 Å². The fraction of sp³-hybridized carbons (Fsp3) is 0.750. The Hall–Kier alpha value is -1.50. The number of hydrogen-bond acceptors (Lipinski definition) is 2. The highest BCUT2D eigenvalue weighted by Gasteiger charge is 2.61. The molecule has 4 heteroatoms. The number of hydrogen-bond donors (Lipinski definition) is 2. The van der Waals surface area contributed by atoms with Gasteiger partial charge < -0.3 is 10.6 Å². The molecule has 3 atom stereocenters. The molecule has 0 aromatic carbocycles. The minimum atomic E-state index is -0.312. The summed E-state index contributed by atoms with van der Waals surface area (Å²) in [4.78, 5) is 23.5. The zero-order valence-electron chi connectivity index (χ0n) is 12.6. The smallest absolute Gasteiger partial charge is 0.230 e. The molecule has 2 amide bonds. The molecule has 0 aromatic heterocycles. The second kappa shape index (κ2) is 5.12. The third-order valence-corrected chi connectivity index (χ3v) is 5.84. The summed E-state index contributed by atoms with van der Waals surface area (Å²) in [5, 5.41) is 5.57. The van der Waals surface area contributed by atoms with Gasteiger partial charge in [0.1, 0.15) is 6.42 Å². The molecule has 0 radical (unpaired) electrons. The Morgan fingerprint density at radius 3 is 2.50 bits per heavy atom. The van der Waals surface area contributed by atoms with Crippen LogP contribution >= 0.6 is 0 Å². The molecule has 2 fully saturated rings.